The molecule has 0 fully saturated rings. The molecule has 0 aliphatic carbocycles. The van der Waals surface area contributed by atoms with Crippen LogP contribution in [-0.2, 0) is 6.54 Å². The largest absolute Gasteiger partial charge is 0.390 e. The lowest BCUT2D eigenvalue weighted by molar-refractivity contribution is 0.129. The van der Waals surface area contributed by atoms with Gasteiger partial charge in [0, 0.05) is 24.7 Å². The SMILES string of the molecule is CN(Cc1ccccc1Cl)CC(O)CN. The van der Waals surface area contributed by atoms with Gasteiger partial charge in [-0.05, 0) is 18.7 Å². The molecular formula is C11H17ClN2O. The summed E-state index contributed by atoms with van der Waals surface area (Å²) in [5.41, 5.74) is 6.40. The third kappa shape index (κ3) is 4.18. The summed E-state index contributed by atoms with van der Waals surface area (Å²) in [6.45, 7) is 1.56. The molecule has 1 aromatic rings. The van der Waals surface area contributed by atoms with Crippen molar-refractivity contribution in [3.63, 3.8) is 0 Å². The topological polar surface area (TPSA) is 49.5 Å². The van der Waals surface area contributed by atoms with Gasteiger partial charge in [-0.2, -0.15) is 0 Å². The van der Waals surface area contributed by atoms with Crippen molar-refractivity contribution in [1.29, 1.82) is 0 Å². The van der Waals surface area contributed by atoms with Gasteiger partial charge in [0.2, 0.25) is 0 Å². The minimum Gasteiger partial charge on any atom is -0.390 e. The molecule has 1 aromatic carbocycles. The Morgan fingerprint density at radius 1 is 1.47 bits per heavy atom. The Labute approximate surface area is 95.5 Å². The number of benzene rings is 1. The summed E-state index contributed by atoms with van der Waals surface area (Å²) >= 11 is 6.02. The molecule has 3 N–H and O–H groups in total. The summed E-state index contributed by atoms with van der Waals surface area (Å²) in [5.74, 6) is 0. The average Bonchev–Trinajstić information content (AvgIpc) is 2.21. The first-order chi connectivity index (χ1) is 7.13. The number of aliphatic hydroxyl groups is 1. The maximum absolute atomic E-state index is 9.38. The monoisotopic (exact) mass is 228 g/mol. The highest BCUT2D eigenvalue weighted by molar-refractivity contribution is 6.31. The molecule has 0 aliphatic rings. The van der Waals surface area contributed by atoms with E-state index in [0.717, 1.165) is 17.1 Å². The Bertz CT molecular complexity index is 306. The standard InChI is InChI=1S/C11H17ClN2O/c1-14(8-10(15)6-13)7-9-4-2-3-5-11(9)12/h2-5,10,15H,6-8,13H2,1H3. The van der Waals surface area contributed by atoms with Crippen LogP contribution in [0.2, 0.25) is 5.02 Å². The summed E-state index contributed by atoms with van der Waals surface area (Å²) in [6.07, 6.45) is -0.475. The van der Waals surface area contributed by atoms with Gasteiger partial charge in [-0.1, -0.05) is 29.8 Å². The van der Waals surface area contributed by atoms with Crippen LogP contribution in [0.15, 0.2) is 24.3 Å². The molecule has 0 amide bonds. The lowest BCUT2D eigenvalue weighted by Crippen LogP contribution is -2.33. The maximum atomic E-state index is 9.38. The fourth-order valence-electron chi connectivity index (χ4n) is 1.42. The lowest BCUT2D eigenvalue weighted by atomic mass is 10.2. The third-order valence-corrected chi connectivity index (χ3v) is 2.56. The molecule has 0 saturated heterocycles. The van der Waals surface area contributed by atoms with E-state index in [2.05, 4.69) is 0 Å². The van der Waals surface area contributed by atoms with E-state index in [0.29, 0.717) is 6.54 Å². The third-order valence-electron chi connectivity index (χ3n) is 2.19. The van der Waals surface area contributed by atoms with E-state index in [-0.39, 0.29) is 6.54 Å². The molecule has 0 heterocycles. The van der Waals surface area contributed by atoms with E-state index in [4.69, 9.17) is 17.3 Å². The molecule has 1 rings (SSSR count). The predicted octanol–water partition coefficient (Wildman–Crippen LogP) is 1.09. The van der Waals surface area contributed by atoms with Crippen LogP contribution in [0.4, 0.5) is 0 Å². The zero-order valence-corrected chi connectivity index (χ0v) is 9.61. The van der Waals surface area contributed by atoms with Crippen LogP contribution in [0, 0.1) is 0 Å². The highest BCUT2D eigenvalue weighted by Crippen LogP contribution is 2.16. The maximum Gasteiger partial charge on any atom is 0.0789 e. The molecule has 3 nitrogen and oxygen atoms in total. The average molecular weight is 229 g/mol. The van der Waals surface area contributed by atoms with E-state index in [9.17, 15) is 5.11 Å². The second-order valence-electron chi connectivity index (χ2n) is 3.68. The van der Waals surface area contributed by atoms with Crippen LogP contribution in [-0.4, -0.2) is 36.2 Å². The zero-order valence-electron chi connectivity index (χ0n) is 8.86. The number of rotatable bonds is 5. The lowest BCUT2D eigenvalue weighted by Gasteiger charge is -2.20. The number of nitrogens with two attached hydrogens (primary N) is 1. The van der Waals surface area contributed by atoms with Crippen LogP contribution >= 0.6 is 11.6 Å². The second-order valence-corrected chi connectivity index (χ2v) is 4.08. The first-order valence-electron chi connectivity index (χ1n) is 4.93. The number of nitrogens with zero attached hydrogens (tertiary/aromatic N) is 1. The zero-order chi connectivity index (χ0) is 11.3. The number of hydrogen-bond donors (Lipinski definition) is 2. The van der Waals surface area contributed by atoms with Crippen LogP contribution in [0.25, 0.3) is 0 Å². The minimum absolute atomic E-state index is 0.285. The van der Waals surface area contributed by atoms with Gasteiger partial charge in [-0.3, -0.25) is 4.90 Å². The van der Waals surface area contributed by atoms with Crippen LogP contribution < -0.4 is 5.73 Å². The number of likely N-dealkylation sites (N-methyl/N-ethyl adjacent to an activating group) is 1. The Balaban J connectivity index is 2.51. The van der Waals surface area contributed by atoms with E-state index in [1.807, 2.05) is 36.2 Å². The smallest absolute Gasteiger partial charge is 0.0789 e. The molecule has 1 atom stereocenters. The molecule has 84 valence electrons. The Hall–Kier alpha value is -0.610. The van der Waals surface area contributed by atoms with Gasteiger partial charge in [0.15, 0.2) is 0 Å². The van der Waals surface area contributed by atoms with Gasteiger partial charge in [-0.25, -0.2) is 0 Å². The van der Waals surface area contributed by atoms with Crippen molar-refractivity contribution < 1.29 is 5.11 Å². The quantitative estimate of drug-likeness (QED) is 0.794. The summed E-state index contributed by atoms with van der Waals surface area (Å²) in [5, 5.41) is 10.1. The molecular weight excluding hydrogens is 212 g/mol. The van der Waals surface area contributed by atoms with Gasteiger partial charge in [0.25, 0.3) is 0 Å². The van der Waals surface area contributed by atoms with Crippen molar-refractivity contribution in [3.8, 4) is 0 Å². The Morgan fingerprint density at radius 2 is 2.13 bits per heavy atom. The van der Waals surface area contributed by atoms with E-state index in [1.54, 1.807) is 0 Å². The van der Waals surface area contributed by atoms with E-state index in [1.165, 1.54) is 0 Å². The van der Waals surface area contributed by atoms with Crippen molar-refractivity contribution in [1.82, 2.24) is 4.90 Å². The normalized spacial score (nSPS) is 13.1. The highest BCUT2D eigenvalue weighted by atomic mass is 35.5. The van der Waals surface area contributed by atoms with Crippen molar-refractivity contribution in [2.75, 3.05) is 20.1 Å². The fourth-order valence-corrected chi connectivity index (χ4v) is 1.61. The summed E-state index contributed by atoms with van der Waals surface area (Å²) < 4.78 is 0. The summed E-state index contributed by atoms with van der Waals surface area (Å²) in [6, 6.07) is 7.70. The predicted molar refractivity (Wildman–Crippen MR) is 62.8 cm³/mol. The molecule has 15 heavy (non-hydrogen) atoms. The molecule has 0 saturated carbocycles. The summed E-state index contributed by atoms with van der Waals surface area (Å²) in [7, 11) is 1.93. The number of halogens is 1. The number of aliphatic hydroxyl groups excluding tert-OH is 1. The van der Waals surface area contributed by atoms with Gasteiger partial charge in [0.1, 0.15) is 0 Å². The van der Waals surface area contributed by atoms with Crippen molar-refractivity contribution in [2.24, 2.45) is 5.73 Å². The first-order valence-corrected chi connectivity index (χ1v) is 5.31. The van der Waals surface area contributed by atoms with Crippen LogP contribution in [0.3, 0.4) is 0 Å². The van der Waals surface area contributed by atoms with Gasteiger partial charge in [0.05, 0.1) is 6.10 Å². The number of hydrogen-bond acceptors (Lipinski definition) is 3. The fraction of sp³-hybridized carbons (Fsp3) is 0.455. The second kappa shape index (κ2) is 6.08. The molecule has 1 unspecified atom stereocenters. The van der Waals surface area contributed by atoms with Crippen molar-refractivity contribution in [2.45, 2.75) is 12.6 Å². The summed E-state index contributed by atoms with van der Waals surface area (Å²) in [4.78, 5) is 2.00. The molecule has 4 heteroatoms. The van der Waals surface area contributed by atoms with E-state index < -0.39 is 6.10 Å². The van der Waals surface area contributed by atoms with Crippen molar-refractivity contribution >= 4 is 11.6 Å². The Morgan fingerprint density at radius 3 is 2.73 bits per heavy atom. The minimum atomic E-state index is -0.475. The van der Waals surface area contributed by atoms with Crippen LogP contribution in [0.1, 0.15) is 5.56 Å². The van der Waals surface area contributed by atoms with Gasteiger partial charge >= 0.3 is 0 Å². The molecule has 0 aromatic heterocycles. The van der Waals surface area contributed by atoms with Gasteiger partial charge < -0.3 is 10.8 Å². The highest BCUT2D eigenvalue weighted by Gasteiger charge is 2.08. The van der Waals surface area contributed by atoms with Crippen molar-refractivity contribution in [3.05, 3.63) is 34.9 Å². The molecule has 0 aliphatic heterocycles. The molecule has 0 spiro atoms. The van der Waals surface area contributed by atoms with E-state index >= 15 is 0 Å². The Kier molecular flexibility index (Phi) is 5.05. The molecule has 0 radical (unpaired) electrons. The van der Waals surface area contributed by atoms with Crippen LogP contribution in [0.5, 0.6) is 0 Å². The molecule has 0 bridgehead atoms. The van der Waals surface area contributed by atoms with Gasteiger partial charge in [-0.15, -0.1) is 0 Å². The first kappa shape index (κ1) is 12.5.